The van der Waals surface area contributed by atoms with Crippen LogP contribution < -0.4 is 5.73 Å². The van der Waals surface area contributed by atoms with Crippen LogP contribution in [0.3, 0.4) is 0 Å². The number of hydrogen-bond donors (Lipinski definition) is 1. The van der Waals surface area contributed by atoms with Crippen LogP contribution in [0.15, 0.2) is 0 Å². The number of carbonyl (C=O) groups excluding carboxylic acids is 1. The van der Waals surface area contributed by atoms with Gasteiger partial charge in [-0.25, -0.2) is 0 Å². The van der Waals surface area contributed by atoms with Gasteiger partial charge in [-0.2, -0.15) is 0 Å². The molecule has 0 saturated carbocycles. The van der Waals surface area contributed by atoms with Crippen LogP contribution in [0.1, 0.15) is 110 Å². The smallest absolute Gasteiger partial charge is 0.304 e. The zero-order chi connectivity index (χ0) is 16.5. The zero-order valence-corrected chi connectivity index (χ0v) is 15.1. The maximum atomic E-state index is 10.7. The lowest BCUT2D eigenvalue weighted by Gasteiger charge is -2.10. The van der Waals surface area contributed by atoms with Crippen molar-refractivity contribution in [1.29, 1.82) is 0 Å². The number of unbranched alkanes of at least 4 members (excludes halogenated alkanes) is 13. The Morgan fingerprint density at radius 2 is 1.14 bits per heavy atom. The monoisotopic (exact) mass is 313 g/mol. The van der Waals surface area contributed by atoms with E-state index >= 15 is 0 Å². The third kappa shape index (κ3) is 17.5. The lowest BCUT2D eigenvalue weighted by atomic mass is 10.0. The fourth-order valence-corrected chi connectivity index (χ4v) is 2.81. The van der Waals surface area contributed by atoms with Crippen LogP contribution in [-0.4, -0.2) is 12.2 Å². The van der Waals surface area contributed by atoms with E-state index in [9.17, 15) is 4.79 Å². The fourth-order valence-electron chi connectivity index (χ4n) is 2.81. The maximum Gasteiger partial charge on any atom is 0.304 e. The lowest BCUT2D eigenvalue weighted by Crippen LogP contribution is -2.25. The molecule has 0 aliphatic carbocycles. The van der Waals surface area contributed by atoms with Crippen molar-refractivity contribution in [3.05, 3.63) is 0 Å². The summed E-state index contributed by atoms with van der Waals surface area (Å²) < 4.78 is 4.90. The van der Waals surface area contributed by atoms with E-state index in [-0.39, 0.29) is 5.97 Å². The first-order valence-electron chi connectivity index (χ1n) is 9.59. The van der Waals surface area contributed by atoms with Crippen LogP contribution in [-0.2, 0) is 9.53 Å². The third-order valence-electron chi connectivity index (χ3n) is 4.16. The molecule has 0 fully saturated rings. The van der Waals surface area contributed by atoms with Crippen molar-refractivity contribution in [2.75, 3.05) is 0 Å². The van der Waals surface area contributed by atoms with Gasteiger partial charge in [-0.1, -0.05) is 90.4 Å². The molecule has 0 radical (unpaired) electrons. The minimum absolute atomic E-state index is 0.280. The van der Waals surface area contributed by atoms with E-state index in [2.05, 4.69) is 6.92 Å². The van der Waals surface area contributed by atoms with E-state index in [1.54, 1.807) is 0 Å². The van der Waals surface area contributed by atoms with Crippen LogP contribution in [0.5, 0.6) is 0 Å². The third-order valence-corrected chi connectivity index (χ3v) is 4.16. The van der Waals surface area contributed by atoms with E-state index < -0.39 is 6.23 Å². The molecule has 0 saturated heterocycles. The summed E-state index contributed by atoms with van der Waals surface area (Å²) in [7, 11) is 0. The first-order chi connectivity index (χ1) is 10.7. The van der Waals surface area contributed by atoms with E-state index in [4.69, 9.17) is 10.5 Å². The second kappa shape index (κ2) is 16.8. The molecule has 0 amide bonds. The molecule has 0 aromatic heterocycles. The summed E-state index contributed by atoms with van der Waals surface area (Å²) in [6.07, 6.45) is 19.3. The van der Waals surface area contributed by atoms with Gasteiger partial charge in [0, 0.05) is 6.92 Å². The molecule has 0 aromatic rings. The van der Waals surface area contributed by atoms with Gasteiger partial charge in [0.15, 0.2) is 6.23 Å². The molecule has 3 nitrogen and oxygen atoms in total. The molecule has 0 rings (SSSR count). The highest BCUT2D eigenvalue weighted by molar-refractivity contribution is 5.66. The van der Waals surface area contributed by atoms with Crippen molar-refractivity contribution in [3.8, 4) is 0 Å². The maximum absolute atomic E-state index is 10.7. The minimum Gasteiger partial charge on any atom is -0.447 e. The quantitative estimate of drug-likeness (QED) is 0.226. The molecule has 132 valence electrons. The summed E-state index contributed by atoms with van der Waals surface area (Å²) >= 11 is 0. The molecule has 0 bridgehead atoms. The molecule has 3 heteroatoms. The van der Waals surface area contributed by atoms with Gasteiger partial charge in [0.25, 0.3) is 0 Å². The summed E-state index contributed by atoms with van der Waals surface area (Å²) in [5, 5.41) is 0. The molecule has 0 spiro atoms. The Morgan fingerprint density at radius 3 is 1.50 bits per heavy atom. The van der Waals surface area contributed by atoms with Gasteiger partial charge in [-0.05, 0) is 12.8 Å². The lowest BCUT2D eigenvalue weighted by molar-refractivity contribution is -0.146. The molecule has 0 aromatic carbocycles. The van der Waals surface area contributed by atoms with Crippen LogP contribution in [0.25, 0.3) is 0 Å². The predicted octanol–water partition coefficient (Wildman–Crippen LogP) is 5.71. The Labute approximate surface area is 138 Å². The SMILES string of the molecule is CCCCCCCCCCCCCCCCC(N)OC(C)=O. The van der Waals surface area contributed by atoms with E-state index in [1.165, 1.54) is 90.4 Å². The number of carbonyl (C=O) groups is 1. The van der Waals surface area contributed by atoms with Gasteiger partial charge in [0.2, 0.25) is 0 Å². The van der Waals surface area contributed by atoms with Crippen LogP contribution >= 0.6 is 0 Å². The normalized spacial score (nSPS) is 12.3. The van der Waals surface area contributed by atoms with Crippen LogP contribution in [0.2, 0.25) is 0 Å². The van der Waals surface area contributed by atoms with Crippen LogP contribution in [0, 0.1) is 0 Å². The number of hydrogen-bond acceptors (Lipinski definition) is 3. The Bertz CT molecular complexity index is 244. The highest BCUT2D eigenvalue weighted by Crippen LogP contribution is 2.13. The first kappa shape index (κ1) is 21.4. The second-order valence-corrected chi connectivity index (χ2v) is 6.53. The number of nitrogens with two attached hydrogens (primary N) is 1. The van der Waals surface area contributed by atoms with Gasteiger partial charge < -0.3 is 4.74 Å². The Hall–Kier alpha value is -0.570. The average molecular weight is 314 g/mol. The van der Waals surface area contributed by atoms with Gasteiger partial charge >= 0.3 is 5.97 Å². The molecule has 1 unspecified atom stereocenters. The summed E-state index contributed by atoms with van der Waals surface area (Å²) in [5.74, 6) is -0.280. The molecular formula is C19H39NO2. The summed E-state index contributed by atoms with van der Waals surface area (Å²) in [5.41, 5.74) is 5.68. The Morgan fingerprint density at radius 1 is 0.773 bits per heavy atom. The fraction of sp³-hybridized carbons (Fsp3) is 0.947. The number of esters is 1. The highest BCUT2D eigenvalue weighted by atomic mass is 16.5. The zero-order valence-electron chi connectivity index (χ0n) is 15.1. The predicted molar refractivity (Wildman–Crippen MR) is 94.7 cm³/mol. The average Bonchev–Trinajstić information content (AvgIpc) is 2.47. The molecule has 1 atom stereocenters. The van der Waals surface area contributed by atoms with Crippen molar-refractivity contribution >= 4 is 5.97 Å². The minimum atomic E-state index is -0.408. The van der Waals surface area contributed by atoms with Crippen molar-refractivity contribution < 1.29 is 9.53 Å². The van der Waals surface area contributed by atoms with Crippen molar-refractivity contribution in [2.24, 2.45) is 5.73 Å². The Balaban J connectivity index is 3.07. The molecule has 0 heterocycles. The molecule has 0 aliphatic rings. The molecular weight excluding hydrogens is 274 g/mol. The summed E-state index contributed by atoms with van der Waals surface area (Å²) in [6, 6.07) is 0. The van der Waals surface area contributed by atoms with Gasteiger partial charge in [-0.3, -0.25) is 10.5 Å². The first-order valence-corrected chi connectivity index (χ1v) is 9.59. The molecule has 22 heavy (non-hydrogen) atoms. The van der Waals surface area contributed by atoms with Crippen LogP contribution in [0.4, 0.5) is 0 Å². The number of rotatable bonds is 16. The standard InChI is InChI=1S/C19H39NO2/c1-3-4-5-6-7-8-9-10-11-12-13-14-15-16-17-19(20)22-18(2)21/h19H,3-17,20H2,1-2H3. The van der Waals surface area contributed by atoms with Crippen molar-refractivity contribution in [3.63, 3.8) is 0 Å². The summed E-state index contributed by atoms with van der Waals surface area (Å²) in [6.45, 7) is 3.68. The Kier molecular flexibility index (Phi) is 16.4. The van der Waals surface area contributed by atoms with Crippen molar-refractivity contribution in [1.82, 2.24) is 0 Å². The number of ether oxygens (including phenoxy) is 1. The van der Waals surface area contributed by atoms with E-state index in [0.717, 1.165) is 12.8 Å². The van der Waals surface area contributed by atoms with Gasteiger partial charge in [0.05, 0.1) is 0 Å². The second-order valence-electron chi connectivity index (χ2n) is 6.53. The summed E-state index contributed by atoms with van der Waals surface area (Å²) in [4.78, 5) is 10.7. The van der Waals surface area contributed by atoms with E-state index in [1.807, 2.05) is 0 Å². The molecule has 0 aliphatic heterocycles. The van der Waals surface area contributed by atoms with E-state index in [0.29, 0.717) is 0 Å². The van der Waals surface area contributed by atoms with Crippen molar-refractivity contribution in [2.45, 2.75) is 116 Å². The molecule has 2 N–H and O–H groups in total. The largest absolute Gasteiger partial charge is 0.447 e. The topological polar surface area (TPSA) is 52.3 Å². The van der Waals surface area contributed by atoms with Gasteiger partial charge in [0.1, 0.15) is 0 Å². The van der Waals surface area contributed by atoms with Gasteiger partial charge in [-0.15, -0.1) is 0 Å². The highest BCUT2D eigenvalue weighted by Gasteiger charge is 2.04.